The van der Waals surface area contributed by atoms with E-state index in [-0.39, 0.29) is 5.56 Å². The van der Waals surface area contributed by atoms with Crippen LogP contribution in [0.3, 0.4) is 0 Å². The third-order valence-electron chi connectivity index (χ3n) is 3.60. The number of benzene rings is 1. The highest BCUT2D eigenvalue weighted by Crippen LogP contribution is 2.13. The molecule has 1 atom stereocenters. The molecule has 0 bridgehead atoms. The zero-order valence-corrected chi connectivity index (χ0v) is 13.2. The Balaban J connectivity index is 2.32. The molecule has 1 aromatic heterocycles. The van der Waals surface area contributed by atoms with Crippen LogP contribution in [0.4, 0.5) is 0 Å². The van der Waals surface area contributed by atoms with Crippen molar-refractivity contribution in [2.24, 2.45) is 0 Å². The van der Waals surface area contributed by atoms with Gasteiger partial charge in [-0.1, -0.05) is 37.2 Å². The highest BCUT2D eigenvalue weighted by Gasteiger charge is 2.15. The lowest BCUT2D eigenvalue weighted by Gasteiger charge is -2.27. The van der Waals surface area contributed by atoms with E-state index in [0.717, 1.165) is 6.42 Å². The highest BCUT2D eigenvalue weighted by atomic mass is 35.5. The number of rotatable bonds is 6. The van der Waals surface area contributed by atoms with Crippen molar-refractivity contribution < 1.29 is 0 Å². The Labute approximate surface area is 129 Å². The summed E-state index contributed by atoms with van der Waals surface area (Å²) in [6, 6.07) is 7.67. The first-order valence-corrected chi connectivity index (χ1v) is 7.44. The Morgan fingerprint density at radius 1 is 1.48 bits per heavy atom. The van der Waals surface area contributed by atoms with E-state index in [1.54, 1.807) is 6.07 Å². The van der Waals surface area contributed by atoms with Crippen LogP contribution in [0, 0.1) is 0 Å². The molecule has 1 N–H and O–H groups in total. The quantitative estimate of drug-likeness (QED) is 0.891. The van der Waals surface area contributed by atoms with Crippen LogP contribution in [0.15, 0.2) is 40.7 Å². The molecule has 4 nitrogen and oxygen atoms in total. The van der Waals surface area contributed by atoms with E-state index in [1.807, 2.05) is 18.2 Å². The number of halogens is 1. The van der Waals surface area contributed by atoms with E-state index in [9.17, 15) is 4.79 Å². The predicted octanol–water partition coefficient (Wildman–Crippen LogP) is 3.28. The maximum Gasteiger partial charge on any atom is 0.258 e. The minimum absolute atomic E-state index is 0.107. The molecule has 0 aliphatic rings. The molecule has 5 heteroatoms. The van der Waals surface area contributed by atoms with Gasteiger partial charge < -0.3 is 4.98 Å². The minimum Gasteiger partial charge on any atom is -0.309 e. The summed E-state index contributed by atoms with van der Waals surface area (Å²) in [5, 5.41) is 1.19. The van der Waals surface area contributed by atoms with Crippen LogP contribution in [0.5, 0.6) is 0 Å². The molecule has 0 fully saturated rings. The normalized spacial score (nSPS) is 12.8. The lowest BCUT2D eigenvalue weighted by Crippen LogP contribution is -2.34. The lowest BCUT2D eigenvalue weighted by atomic mass is 10.2. The van der Waals surface area contributed by atoms with Gasteiger partial charge in [0.25, 0.3) is 5.56 Å². The van der Waals surface area contributed by atoms with E-state index in [4.69, 9.17) is 11.6 Å². The fraction of sp³-hybridized carbons (Fsp3) is 0.375. The smallest absolute Gasteiger partial charge is 0.258 e. The number of aromatic nitrogens is 2. The van der Waals surface area contributed by atoms with Crippen LogP contribution >= 0.6 is 11.6 Å². The van der Waals surface area contributed by atoms with Crippen molar-refractivity contribution in [2.75, 3.05) is 6.54 Å². The van der Waals surface area contributed by atoms with Crippen LogP contribution in [0.2, 0.25) is 0 Å². The number of hydrogen-bond acceptors (Lipinski definition) is 3. The molecule has 0 saturated carbocycles. The summed E-state index contributed by atoms with van der Waals surface area (Å²) in [7, 11) is 0. The van der Waals surface area contributed by atoms with Crippen molar-refractivity contribution in [3.8, 4) is 0 Å². The van der Waals surface area contributed by atoms with Gasteiger partial charge in [0.05, 0.1) is 17.4 Å². The Hall–Kier alpha value is -1.65. The van der Waals surface area contributed by atoms with Gasteiger partial charge in [0, 0.05) is 17.6 Å². The topological polar surface area (TPSA) is 49.0 Å². The summed E-state index contributed by atoms with van der Waals surface area (Å²) in [5.74, 6) is 0.650. The molecule has 0 aliphatic heterocycles. The van der Waals surface area contributed by atoms with E-state index in [0.29, 0.717) is 40.9 Å². The molecule has 2 rings (SSSR count). The van der Waals surface area contributed by atoms with Crippen molar-refractivity contribution in [1.82, 2.24) is 14.9 Å². The molecule has 1 aromatic carbocycles. The van der Waals surface area contributed by atoms with Gasteiger partial charge in [-0.3, -0.25) is 9.69 Å². The molecule has 0 radical (unpaired) electrons. The molecule has 0 unspecified atom stereocenters. The molecule has 0 aliphatic carbocycles. The second-order valence-electron chi connectivity index (χ2n) is 5.21. The van der Waals surface area contributed by atoms with Gasteiger partial charge in [-0.05, 0) is 25.5 Å². The summed E-state index contributed by atoms with van der Waals surface area (Å²) in [5.41, 5.74) is 0.606. The van der Waals surface area contributed by atoms with Crippen molar-refractivity contribution >= 4 is 22.5 Å². The van der Waals surface area contributed by atoms with Crippen molar-refractivity contribution in [1.29, 1.82) is 0 Å². The fourth-order valence-corrected chi connectivity index (χ4v) is 2.40. The Bertz CT molecular complexity index is 695. The molecular formula is C16H20ClN3O. The molecule has 112 valence electrons. The number of fused-ring (bicyclic) bond motifs is 1. The van der Waals surface area contributed by atoms with Gasteiger partial charge in [-0.2, -0.15) is 0 Å². The van der Waals surface area contributed by atoms with Gasteiger partial charge in [-0.25, -0.2) is 4.98 Å². The fourth-order valence-electron chi connectivity index (χ4n) is 2.25. The average Bonchev–Trinajstić information content (AvgIpc) is 2.45. The van der Waals surface area contributed by atoms with Gasteiger partial charge in [0.15, 0.2) is 0 Å². The number of H-pyrrole nitrogens is 1. The van der Waals surface area contributed by atoms with Crippen LogP contribution in [0.1, 0.15) is 26.1 Å². The maximum atomic E-state index is 12.1. The Morgan fingerprint density at radius 2 is 2.19 bits per heavy atom. The van der Waals surface area contributed by atoms with Crippen molar-refractivity contribution in [3.05, 3.63) is 52.1 Å². The van der Waals surface area contributed by atoms with Crippen LogP contribution < -0.4 is 5.56 Å². The number of hydrogen-bond donors (Lipinski definition) is 1. The summed E-state index contributed by atoms with van der Waals surface area (Å²) >= 11 is 5.94. The Kier molecular flexibility index (Phi) is 5.15. The molecule has 0 saturated heterocycles. The molecule has 0 spiro atoms. The van der Waals surface area contributed by atoms with Gasteiger partial charge in [0.2, 0.25) is 0 Å². The van der Waals surface area contributed by atoms with Gasteiger partial charge in [-0.15, -0.1) is 0 Å². The molecule has 0 amide bonds. The van der Waals surface area contributed by atoms with E-state index in [1.165, 1.54) is 0 Å². The molecular weight excluding hydrogens is 286 g/mol. The monoisotopic (exact) mass is 305 g/mol. The predicted molar refractivity (Wildman–Crippen MR) is 87.5 cm³/mol. The zero-order valence-electron chi connectivity index (χ0n) is 12.4. The van der Waals surface area contributed by atoms with E-state index < -0.39 is 0 Å². The largest absolute Gasteiger partial charge is 0.309 e. The average molecular weight is 306 g/mol. The summed E-state index contributed by atoms with van der Waals surface area (Å²) in [4.78, 5) is 21.6. The second-order valence-corrected chi connectivity index (χ2v) is 5.74. The minimum atomic E-state index is -0.107. The summed E-state index contributed by atoms with van der Waals surface area (Å²) in [6.45, 7) is 9.11. The third kappa shape index (κ3) is 3.93. The van der Waals surface area contributed by atoms with Crippen LogP contribution in [-0.2, 0) is 6.54 Å². The van der Waals surface area contributed by atoms with Crippen LogP contribution in [0.25, 0.3) is 10.9 Å². The number of aromatic amines is 1. The first-order chi connectivity index (χ1) is 10.0. The maximum absolute atomic E-state index is 12.1. The van der Waals surface area contributed by atoms with E-state index >= 15 is 0 Å². The van der Waals surface area contributed by atoms with Gasteiger partial charge >= 0.3 is 0 Å². The highest BCUT2D eigenvalue weighted by molar-refractivity contribution is 6.29. The zero-order chi connectivity index (χ0) is 15.4. The first-order valence-electron chi connectivity index (χ1n) is 7.06. The summed E-state index contributed by atoms with van der Waals surface area (Å²) in [6.07, 6.45) is 0.988. The first kappa shape index (κ1) is 15.7. The van der Waals surface area contributed by atoms with Gasteiger partial charge in [0.1, 0.15) is 5.82 Å². The second kappa shape index (κ2) is 6.87. The SMILES string of the molecule is C=C(Cl)CN(Cc1nc2ccccc2c(=O)[nH]1)[C@H](C)CC. The molecule has 1 heterocycles. The van der Waals surface area contributed by atoms with Crippen molar-refractivity contribution in [2.45, 2.75) is 32.9 Å². The van der Waals surface area contributed by atoms with Crippen LogP contribution in [-0.4, -0.2) is 27.5 Å². The third-order valence-corrected chi connectivity index (χ3v) is 3.72. The molecule has 21 heavy (non-hydrogen) atoms. The Morgan fingerprint density at radius 3 is 2.86 bits per heavy atom. The van der Waals surface area contributed by atoms with E-state index in [2.05, 4.69) is 35.3 Å². The number of nitrogens with zero attached hydrogens (tertiary/aromatic N) is 2. The number of nitrogens with one attached hydrogen (secondary N) is 1. The summed E-state index contributed by atoms with van der Waals surface area (Å²) < 4.78 is 0. The number of para-hydroxylation sites is 1. The standard InChI is InChI=1S/C16H20ClN3O/c1-4-12(3)20(9-11(2)17)10-15-18-14-8-6-5-7-13(14)16(21)19-15/h5-8,12H,2,4,9-10H2,1,3H3,(H,18,19,21)/t12-/m1/s1. The molecule has 2 aromatic rings. The van der Waals surface area contributed by atoms with Crippen molar-refractivity contribution in [3.63, 3.8) is 0 Å². The lowest BCUT2D eigenvalue weighted by molar-refractivity contribution is 0.210.